The second kappa shape index (κ2) is 9.77. The number of nitrogens with one attached hydrogen (secondary N) is 2. The molecule has 0 unspecified atom stereocenters. The van der Waals surface area contributed by atoms with Gasteiger partial charge in [0.2, 0.25) is 0 Å². The van der Waals surface area contributed by atoms with E-state index in [0.717, 1.165) is 23.8 Å². The van der Waals surface area contributed by atoms with Gasteiger partial charge in [-0.1, -0.05) is 38.1 Å². The Labute approximate surface area is 167 Å². The monoisotopic (exact) mass is 404 g/mol. The molecule has 2 N–H and O–H groups in total. The topological polar surface area (TPSA) is 84.5 Å². The Morgan fingerprint density at radius 2 is 1.62 bits per heavy atom. The Kier molecular flexibility index (Phi) is 7.41. The first-order valence-corrected chi connectivity index (χ1v) is 8.97. The first kappa shape index (κ1) is 22.0. The maximum atomic E-state index is 13.8. The molecule has 0 fully saturated rings. The number of esters is 1. The predicted octanol–water partition coefficient (Wildman–Crippen LogP) is 3.21. The number of benzene rings is 2. The molecule has 8 heteroatoms. The van der Waals surface area contributed by atoms with E-state index in [4.69, 9.17) is 4.74 Å². The van der Waals surface area contributed by atoms with Gasteiger partial charge in [-0.3, -0.25) is 9.59 Å². The summed E-state index contributed by atoms with van der Waals surface area (Å²) in [5, 5.41) is 4.88. The average molecular weight is 404 g/mol. The number of aryl methyl sites for hydroxylation is 1. The van der Waals surface area contributed by atoms with Gasteiger partial charge in [-0.05, 0) is 36.6 Å². The Morgan fingerprint density at radius 1 is 1.00 bits per heavy atom. The van der Waals surface area contributed by atoms with E-state index in [1.807, 2.05) is 19.1 Å². The number of rotatable bonds is 7. The lowest BCUT2D eigenvalue weighted by Gasteiger charge is -2.21. The van der Waals surface area contributed by atoms with Crippen LogP contribution in [0.15, 0.2) is 42.5 Å². The normalized spacial score (nSPS) is 11.7. The van der Waals surface area contributed by atoms with Gasteiger partial charge in [-0.2, -0.15) is 0 Å². The third-order valence-corrected chi connectivity index (χ3v) is 4.16. The third kappa shape index (κ3) is 5.84. The van der Waals surface area contributed by atoms with Crippen LogP contribution in [0.3, 0.4) is 0 Å². The number of anilines is 1. The maximum absolute atomic E-state index is 13.8. The molecule has 0 spiro atoms. The molecule has 0 radical (unpaired) electrons. The lowest BCUT2D eigenvalue weighted by Crippen LogP contribution is -2.46. The highest BCUT2D eigenvalue weighted by atomic mass is 19.1. The van der Waals surface area contributed by atoms with Gasteiger partial charge < -0.3 is 15.4 Å². The highest BCUT2D eigenvalue weighted by molar-refractivity contribution is 5.98. The molecule has 0 heterocycles. The molecule has 6 nitrogen and oxygen atoms in total. The highest BCUT2D eigenvalue weighted by Crippen LogP contribution is 2.15. The summed E-state index contributed by atoms with van der Waals surface area (Å²) in [4.78, 5) is 36.6. The van der Waals surface area contributed by atoms with Gasteiger partial charge in [-0.15, -0.1) is 0 Å². The second-order valence-electron chi connectivity index (χ2n) is 6.76. The van der Waals surface area contributed by atoms with Crippen LogP contribution >= 0.6 is 0 Å². The van der Waals surface area contributed by atoms with Crippen LogP contribution in [0.5, 0.6) is 0 Å². The van der Waals surface area contributed by atoms with E-state index in [1.54, 1.807) is 26.0 Å². The molecule has 2 aromatic carbocycles. The number of para-hydroxylation sites is 1. The standard InChI is InChI=1S/C21H22F2N2O4/c1-12(2)19(25-20(27)18-14(22)8-6-9-15(18)23)21(28)29-11-17(26)24-16-10-5-4-7-13(16)3/h4-10,12,19H,11H2,1-3H3,(H,24,26)(H,25,27)/t19-/m0/s1. The van der Waals surface area contributed by atoms with Crippen molar-refractivity contribution in [3.05, 3.63) is 65.2 Å². The number of carbonyl (C=O) groups excluding carboxylic acids is 3. The van der Waals surface area contributed by atoms with E-state index in [1.165, 1.54) is 0 Å². The zero-order chi connectivity index (χ0) is 21.6. The Hall–Kier alpha value is -3.29. The zero-order valence-electron chi connectivity index (χ0n) is 16.3. The fourth-order valence-corrected chi connectivity index (χ4v) is 2.55. The molecule has 0 saturated heterocycles. The third-order valence-electron chi connectivity index (χ3n) is 4.16. The van der Waals surface area contributed by atoms with Crippen molar-refractivity contribution in [2.24, 2.45) is 5.92 Å². The first-order chi connectivity index (χ1) is 13.7. The molecule has 2 amide bonds. The summed E-state index contributed by atoms with van der Waals surface area (Å²) in [6, 6.07) is 8.91. The smallest absolute Gasteiger partial charge is 0.329 e. The van der Waals surface area contributed by atoms with Crippen LogP contribution in [-0.2, 0) is 14.3 Å². The molecule has 2 rings (SSSR count). The molecule has 1 atom stereocenters. The van der Waals surface area contributed by atoms with E-state index >= 15 is 0 Å². The van der Waals surface area contributed by atoms with E-state index in [2.05, 4.69) is 10.6 Å². The molecule has 0 saturated carbocycles. The van der Waals surface area contributed by atoms with Crippen LogP contribution < -0.4 is 10.6 Å². The lowest BCUT2D eigenvalue weighted by atomic mass is 10.0. The molecule has 29 heavy (non-hydrogen) atoms. The minimum absolute atomic E-state index is 0.444. The minimum atomic E-state index is -1.19. The van der Waals surface area contributed by atoms with Crippen molar-refractivity contribution < 1.29 is 27.9 Å². The predicted molar refractivity (Wildman–Crippen MR) is 103 cm³/mol. The molecule has 0 aliphatic heterocycles. The van der Waals surface area contributed by atoms with E-state index in [0.29, 0.717) is 5.69 Å². The molecule has 154 valence electrons. The van der Waals surface area contributed by atoms with Gasteiger partial charge >= 0.3 is 5.97 Å². The fraction of sp³-hybridized carbons (Fsp3) is 0.286. The average Bonchev–Trinajstić information content (AvgIpc) is 2.65. The zero-order valence-corrected chi connectivity index (χ0v) is 16.3. The summed E-state index contributed by atoms with van der Waals surface area (Å²) in [5.74, 6) is -5.06. The minimum Gasteiger partial charge on any atom is -0.454 e. The summed E-state index contributed by atoms with van der Waals surface area (Å²) >= 11 is 0. The molecule has 0 aromatic heterocycles. The Morgan fingerprint density at radius 3 is 2.21 bits per heavy atom. The number of hydrogen-bond donors (Lipinski definition) is 2. The fourth-order valence-electron chi connectivity index (χ4n) is 2.55. The first-order valence-electron chi connectivity index (χ1n) is 8.97. The quantitative estimate of drug-likeness (QED) is 0.694. The number of carbonyl (C=O) groups is 3. The Bertz CT molecular complexity index is 895. The van der Waals surface area contributed by atoms with Crippen molar-refractivity contribution >= 4 is 23.5 Å². The molecular weight excluding hydrogens is 382 g/mol. The summed E-state index contributed by atoms with van der Waals surface area (Å²) in [5.41, 5.74) is 0.631. The number of amides is 2. The lowest BCUT2D eigenvalue weighted by molar-refractivity contribution is -0.150. The molecule has 0 aliphatic carbocycles. The van der Waals surface area contributed by atoms with Gasteiger partial charge in [0.05, 0.1) is 0 Å². The van der Waals surface area contributed by atoms with Gasteiger partial charge in [0, 0.05) is 5.69 Å². The van der Waals surface area contributed by atoms with E-state index < -0.39 is 53.5 Å². The summed E-state index contributed by atoms with van der Waals surface area (Å²) in [6.07, 6.45) is 0. The summed E-state index contributed by atoms with van der Waals surface area (Å²) in [6.45, 7) is 4.49. The van der Waals surface area contributed by atoms with E-state index in [-0.39, 0.29) is 0 Å². The summed E-state index contributed by atoms with van der Waals surface area (Å²) < 4.78 is 32.5. The van der Waals surface area contributed by atoms with Gasteiger partial charge in [0.1, 0.15) is 23.2 Å². The number of ether oxygens (including phenoxy) is 1. The van der Waals surface area contributed by atoms with Gasteiger partial charge in [0.15, 0.2) is 6.61 Å². The molecular formula is C21H22F2N2O4. The van der Waals surface area contributed by atoms with Crippen molar-refractivity contribution in [1.82, 2.24) is 5.32 Å². The van der Waals surface area contributed by atoms with Crippen LogP contribution in [0.4, 0.5) is 14.5 Å². The Balaban J connectivity index is 1.99. The maximum Gasteiger partial charge on any atom is 0.329 e. The molecule has 2 aromatic rings. The van der Waals surface area contributed by atoms with Crippen molar-refractivity contribution in [3.8, 4) is 0 Å². The van der Waals surface area contributed by atoms with Crippen molar-refractivity contribution in [3.63, 3.8) is 0 Å². The molecule has 0 bridgehead atoms. The largest absolute Gasteiger partial charge is 0.454 e. The van der Waals surface area contributed by atoms with Crippen LogP contribution in [0.1, 0.15) is 29.8 Å². The highest BCUT2D eigenvalue weighted by Gasteiger charge is 2.29. The second-order valence-corrected chi connectivity index (χ2v) is 6.76. The van der Waals surface area contributed by atoms with Crippen molar-refractivity contribution in [2.75, 3.05) is 11.9 Å². The summed E-state index contributed by atoms with van der Waals surface area (Å²) in [7, 11) is 0. The molecule has 0 aliphatic rings. The van der Waals surface area contributed by atoms with Gasteiger partial charge in [0.25, 0.3) is 11.8 Å². The number of halogens is 2. The van der Waals surface area contributed by atoms with Crippen LogP contribution in [0.2, 0.25) is 0 Å². The van der Waals surface area contributed by atoms with Crippen LogP contribution in [0.25, 0.3) is 0 Å². The van der Waals surface area contributed by atoms with E-state index in [9.17, 15) is 23.2 Å². The van der Waals surface area contributed by atoms with Crippen molar-refractivity contribution in [2.45, 2.75) is 26.8 Å². The van der Waals surface area contributed by atoms with Crippen LogP contribution in [-0.4, -0.2) is 30.4 Å². The number of hydrogen-bond acceptors (Lipinski definition) is 4. The SMILES string of the molecule is Cc1ccccc1NC(=O)COC(=O)[C@@H](NC(=O)c1c(F)cccc1F)C(C)C. The van der Waals surface area contributed by atoms with Crippen molar-refractivity contribution in [1.29, 1.82) is 0 Å². The van der Waals surface area contributed by atoms with Crippen LogP contribution in [0, 0.1) is 24.5 Å². The van der Waals surface area contributed by atoms with Gasteiger partial charge in [-0.25, -0.2) is 13.6 Å².